The Bertz CT molecular complexity index is 1120. The number of carbonyl (C=O) groups is 2. The summed E-state index contributed by atoms with van der Waals surface area (Å²) < 4.78 is 16.9. The molecule has 0 saturated heterocycles. The molecule has 254 valence electrons. The van der Waals surface area contributed by atoms with E-state index in [0.29, 0.717) is 62.0 Å². The zero-order chi connectivity index (χ0) is 33.2. The fourth-order valence-electron chi connectivity index (χ4n) is 4.87. The monoisotopic (exact) mass is 633 g/mol. The highest BCUT2D eigenvalue weighted by Gasteiger charge is 2.30. The van der Waals surface area contributed by atoms with Crippen molar-refractivity contribution < 1.29 is 28.9 Å². The summed E-state index contributed by atoms with van der Waals surface area (Å²) in [6.07, 6.45) is 3.45. The van der Waals surface area contributed by atoms with Crippen LogP contribution in [-0.4, -0.2) is 83.1 Å². The molecular formula is C32H55N7O6. The Balaban J connectivity index is 2.04. The molecule has 0 fully saturated rings. The lowest BCUT2D eigenvalue weighted by Gasteiger charge is -2.30. The van der Waals surface area contributed by atoms with E-state index in [2.05, 4.69) is 52.0 Å². The van der Waals surface area contributed by atoms with Crippen LogP contribution >= 0.6 is 0 Å². The lowest BCUT2D eigenvalue weighted by Crippen LogP contribution is -2.44. The first-order valence-electron chi connectivity index (χ1n) is 16.2. The number of nitrogens with one attached hydrogen (secondary N) is 3. The molecule has 0 aliphatic rings. The molecule has 0 spiro atoms. The average molecular weight is 634 g/mol. The van der Waals surface area contributed by atoms with Crippen LogP contribution in [0.15, 0.2) is 18.2 Å². The number of aromatic nitrogens is 4. The molecule has 0 aliphatic heterocycles. The van der Waals surface area contributed by atoms with Crippen LogP contribution in [0.1, 0.15) is 89.3 Å². The number of ether oxygens (including phenoxy) is 3. The van der Waals surface area contributed by atoms with Crippen molar-refractivity contribution in [3.05, 3.63) is 29.6 Å². The van der Waals surface area contributed by atoms with Gasteiger partial charge in [0.1, 0.15) is 18.1 Å². The number of methoxy groups -OCH3 is 1. The minimum Gasteiger partial charge on any atom is -0.493 e. The van der Waals surface area contributed by atoms with Crippen molar-refractivity contribution in [3.8, 4) is 11.5 Å². The van der Waals surface area contributed by atoms with Crippen molar-refractivity contribution in [2.45, 2.75) is 91.9 Å². The summed E-state index contributed by atoms with van der Waals surface area (Å²) in [7, 11) is 1.66. The third-order valence-corrected chi connectivity index (χ3v) is 7.97. The van der Waals surface area contributed by atoms with E-state index in [-0.39, 0.29) is 42.1 Å². The zero-order valence-electron chi connectivity index (χ0n) is 27.9. The molecule has 1 heterocycles. The van der Waals surface area contributed by atoms with Gasteiger partial charge in [0.05, 0.1) is 18.3 Å². The van der Waals surface area contributed by atoms with E-state index < -0.39 is 12.1 Å². The van der Waals surface area contributed by atoms with Gasteiger partial charge in [0, 0.05) is 44.8 Å². The minimum atomic E-state index is -0.843. The molecule has 45 heavy (non-hydrogen) atoms. The molecule has 0 bridgehead atoms. The number of aliphatic hydroxyl groups is 1. The van der Waals surface area contributed by atoms with Crippen molar-refractivity contribution in [1.82, 2.24) is 31.3 Å². The topological polar surface area (TPSA) is 187 Å². The number of H-pyrrole nitrogens is 1. The van der Waals surface area contributed by atoms with Crippen molar-refractivity contribution in [2.24, 2.45) is 29.4 Å². The molecule has 0 saturated carbocycles. The van der Waals surface area contributed by atoms with Crippen molar-refractivity contribution in [1.29, 1.82) is 0 Å². The molecule has 0 radical (unpaired) electrons. The third-order valence-electron chi connectivity index (χ3n) is 7.97. The highest BCUT2D eigenvalue weighted by molar-refractivity contribution is 5.97. The molecular weight excluding hydrogens is 578 g/mol. The van der Waals surface area contributed by atoms with E-state index in [1.807, 2.05) is 13.8 Å². The van der Waals surface area contributed by atoms with Gasteiger partial charge in [-0.3, -0.25) is 9.59 Å². The Labute approximate surface area is 267 Å². The van der Waals surface area contributed by atoms with Crippen LogP contribution in [0.2, 0.25) is 0 Å². The number of benzene rings is 1. The Morgan fingerprint density at radius 2 is 1.78 bits per heavy atom. The third kappa shape index (κ3) is 13.7. The fraction of sp³-hybridized carbons (Fsp3) is 0.719. The quantitative estimate of drug-likeness (QED) is 0.114. The van der Waals surface area contributed by atoms with Gasteiger partial charge >= 0.3 is 0 Å². The summed E-state index contributed by atoms with van der Waals surface area (Å²) >= 11 is 0. The SMILES string of the molecule is CCCCNC(=O)C(CC(O)C(N)CC(CNC(=O)c1ccc(OCc2nnn[nH]2)cc1OCCCCOC)C(C)C)C(C)C. The van der Waals surface area contributed by atoms with Crippen molar-refractivity contribution in [3.63, 3.8) is 0 Å². The second-order valence-electron chi connectivity index (χ2n) is 12.3. The molecule has 2 aromatic rings. The fourth-order valence-corrected chi connectivity index (χ4v) is 4.87. The van der Waals surface area contributed by atoms with Crippen LogP contribution in [-0.2, 0) is 16.1 Å². The van der Waals surface area contributed by atoms with Crippen LogP contribution in [0.5, 0.6) is 11.5 Å². The standard InChI is InChI=1S/C32H55N7O6/c1-7-8-13-34-32(42)26(22(4)5)18-28(40)27(33)16-23(21(2)3)19-35-31(41)25-12-11-24(45-20-30-36-38-39-37-30)17-29(25)44-15-10-9-14-43-6/h11-12,17,21-23,26-28,40H,7-10,13-16,18-20,33H2,1-6H3,(H,34,42)(H,35,41)(H,36,37,38,39). The summed E-state index contributed by atoms with van der Waals surface area (Å²) in [5, 5.41) is 30.6. The Hall–Kier alpha value is -3.29. The summed E-state index contributed by atoms with van der Waals surface area (Å²) in [6, 6.07) is 4.52. The Kier molecular flexibility index (Phi) is 17.4. The van der Waals surface area contributed by atoms with Crippen molar-refractivity contribution >= 4 is 11.8 Å². The van der Waals surface area contributed by atoms with Crippen LogP contribution in [0.3, 0.4) is 0 Å². The van der Waals surface area contributed by atoms with Gasteiger partial charge in [-0.25, -0.2) is 5.10 Å². The van der Waals surface area contributed by atoms with E-state index in [1.165, 1.54) is 0 Å². The van der Waals surface area contributed by atoms with Crippen LogP contribution < -0.4 is 25.8 Å². The first kappa shape index (κ1) is 37.9. The predicted octanol–water partition coefficient (Wildman–Crippen LogP) is 3.24. The molecule has 2 rings (SSSR count). The molecule has 13 nitrogen and oxygen atoms in total. The molecule has 13 heteroatoms. The minimum absolute atomic E-state index is 0.00557. The van der Waals surface area contributed by atoms with Gasteiger partial charge < -0.3 is 35.7 Å². The van der Waals surface area contributed by atoms with E-state index in [0.717, 1.165) is 25.7 Å². The normalized spacial score (nSPS) is 14.2. The average Bonchev–Trinajstić information content (AvgIpc) is 3.54. The van der Waals surface area contributed by atoms with Gasteiger partial charge in [0.25, 0.3) is 5.91 Å². The number of nitrogens with zero attached hydrogens (tertiary/aromatic N) is 3. The number of rotatable bonds is 23. The summed E-state index contributed by atoms with van der Waals surface area (Å²) in [4.78, 5) is 26.2. The summed E-state index contributed by atoms with van der Waals surface area (Å²) in [6.45, 7) is 12.4. The Morgan fingerprint density at radius 3 is 2.42 bits per heavy atom. The number of unbranched alkanes of at least 4 members (excludes halogenated alkanes) is 2. The highest BCUT2D eigenvalue weighted by Crippen LogP contribution is 2.27. The number of aliphatic hydroxyl groups excluding tert-OH is 1. The highest BCUT2D eigenvalue weighted by atomic mass is 16.5. The largest absolute Gasteiger partial charge is 0.493 e. The molecule has 4 atom stereocenters. The number of tetrazole rings is 1. The second-order valence-corrected chi connectivity index (χ2v) is 12.3. The number of carbonyl (C=O) groups excluding carboxylic acids is 2. The summed E-state index contributed by atoms with van der Waals surface area (Å²) in [5.74, 6) is 1.00. The lowest BCUT2D eigenvalue weighted by molar-refractivity contribution is -0.127. The number of aromatic amines is 1. The van der Waals surface area contributed by atoms with Gasteiger partial charge in [0.2, 0.25) is 5.91 Å². The van der Waals surface area contributed by atoms with Crippen molar-refractivity contribution in [2.75, 3.05) is 33.4 Å². The maximum absolute atomic E-state index is 13.4. The van der Waals surface area contributed by atoms with E-state index in [1.54, 1.807) is 25.3 Å². The van der Waals surface area contributed by atoms with E-state index in [9.17, 15) is 14.7 Å². The maximum atomic E-state index is 13.4. The number of nitrogens with two attached hydrogens (primary N) is 1. The molecule has 0 aliphatic carbocycles. The Morgan fingerprint density at radius 1 is 1.02 bits per heavy atom. The first-order chi connectivity index (χ1) is 21.6. The van der Waals surface area contributed by atoms with Gasteiger partial charge in [-0.1, -0.05) is 41.0 Å². The van der Waals surface area contributed by atoms with Gasteiger partial charge in [-0.2, -0.15) is 0 Å². The predicted molar refractivity (Wildman–Crippen MR) is 172 cm³/mol. The maximum Gasteiger partial charge on any atom is 0.255 e. The van der Waals surface area contributed by atoms with E-state index >= 15 is 0 Å². The molecule has 2 amide bonds. The molecule has 6 N–H and O–H groups in total. The van der Waals surface area contributed by atoms with Crippen LogP contribution in [0.4, 0.5) is 0 Å². The van der Waals surface area contributed by atoms with E-state index in [4.69, 9.17) is 19.9 Å². The van der Waals surface area contributed by atoms with Crippen LogP contribution in [0, 0.1) is 23.7 Å². The lowest BCUT2D eigenvalue weighted by atomic mass is 9.83. The molecule has 1 aromatic heterocycles. The number of hydrogen-bond donors (Lipinski definition) is 5. The van der Waals surface area contributed by atoms with Gasteiger partial charge in [0.15, 0.2) is 5.82 Å². The first-order valence-corrected chi connectivity index (χ1v) is 16.2. The van der Waals surface area contributed by atoms with Gasteiger partial charge in [-0.05, 0) is 72.4 Å². The molecule has 1 aromatic carbocycles. The number of amides is 2. The second kappa shape index (κ2) is 20.7. The van der Waals surface area contributed by atoms with Gasteiger partial charge in [-0.15, -0.1) is 5.10 Å². The summed E-state index contributed by atoms with van der Waals surface area (Å²) in [5.41, 5.74) is 6.87. The van der Waals surface area contributed by atoms with Crippen LogP contribution in [0.25, 0.3) is 0 Å². The number of hydrogen-bond acceptors (Lipinski definition) is 10. The zero-order valence-corrected chi connectivity index (χ0v) is 27.9. The smallest absolute Gasteiger partial charge is 0.255 e. The molecule has 4 unspecified atom stereocenters.